The molecule has 0 bridgehead atoms. The van der Waals surface area contributed by atoms with E-state index in [1.165, 1.54) is 0 Å². The molecule has 0 radical (unpaired) electrons. The van der Waals surface area contributed by atoms with Gasteiger partial charge in [0, 0.05) is 45.8 Å². The maximum Gasteiger partial charge on any atom is 0.134 e. The summed E-state index contributed by atoms with van der Waals surface area (Å²) in [7, 11) is 3.89. The molecule has 0 unspecified atom stereocenters. The Bertz CT molecular complexity index is 1640. The quantitative estimate of drug-likeness (QED) is 0.136. The fourth-order valence-corrected chi connectivity index (χ4v) is 6.98. The van der Waals surface area contributed by atoms with Gasteiger partial charge >= 0.3 is 0 Å². The minimum Gasteiger partial charge on any atom is -0.484 e. The summed E-state index contributed by atoms with van der Waals surface area (Å²) in [6.45, 7) is 1.76. The third kappa shape index (κ3) is 8.47. The summed E-state index contributed by atoms with van der Waals surface area (Å²) in [4.78, 5) is 11.0. The Morgan fingerprint density at radius 2 is 1.07 bits per heavy atom. The largest absolute Gasteiger partial charge is 0.484 e. The predicted molar refractivity (Wildman–Crippen MR) is 186 cm³/mol. The molecule has 4 heterocycles. The number of hydrogen-bond donors (Lipinski definition) is 2. The second-order valence-electron chi connectivity index (χ2n) is 9.93. The van der Waals surface area contributed by atoms with E-state index in [1.54, 1.807) is 35.1 Å². The van der Waals surface area contributed by atoms with Gasteiger partial charge in [-0.05, 0) is 100.0 Å². The molecule has 44 heavy (non-hydrogen) atoms. The first-order valence-corrected chi connectivity index (χ1v) is 16.7. The highest BCUT2D eigenvalue weighted by atomic mass is 35.5. The third-order valence-corrected chi connectivity index (χ3v) is 9.53. The molecule has 0 spiro atoms. The summed E-state index contributed by atoms with van der Waals surface area (Å²) >= 11 is 15.3. The van der Waals surface area contributed by atoms with Crippen molar-refractivity contribution in [1.82, 2.24) is 20.6 Å². The van der Waals surface area contributed by atoms with Gasteiger partial charge in [0.05, 0.1) is 19.7 Å². The van der Waals surface area contributed by atoms with E-state index in [4.69, 9.17) is 32.7 Å². The van der Waals surface area contributed by atoms with Crippen molar-refractivity contribution in [2.24, 2.45) is 0 Å². The monoisotopic (exact) mass is 664 g/mol. The molecule has 2 atom stereocenters. The van der Waals surface area contributed by atoms with Crippen LogP contribution in [0.25, 0.3) is 21.8 Å². The van der Waals surface area contributed by atoms with Crippen LogP contribution in [0.5, 0.6) is 11.5 Å². The van der Waals surface area contributed by atoms with Gasteiger partial charge in [-0.1, -0.05) is 35.3 Å². The lowest BCUT2D eigenvalue weighted by Gasteiger charge is -2.19. The summed E-state index contributed by atoms with van der Waals surface area (Å²) in [6.07, 6.45) is 5.31. The SMILES string of the molecule is CNCC[C@@H](Oc1cccc2ncccc12)c1ccc(Cl)s1.CNCC[C@H](Oc1cccc2ncccc12)c1ccc(Cl)s1. The Hall–Kier alpha value is -3.24. The van der Waals surface area contributed by atoms with Crippen molar-refractivity contribution in [3.8, 4) is 11.5 Å². The molecular weight excluding hydrogens is 631 g/mol. The first-order chi connectivity index (χ1) is 21.6. The lowest BCUT2D eigenvalue weighted by atomic mass is 10.1. The van der Waals surface area contributed by atoms with Crippen molar-refractivity contribution in [1.29, 1.82) is 0 Å². The minimum absolute atomic E-state index is 0.0178. The number of hydrogen-bond acceptors (Lipinski definition) is 8. The van der Waals surface area contributed by atoms with Crippen molar-refractivity contribution in [2.45, 2.75) is 25.0 Å². The Morgan fingerprint density at radius 3 is 1.45 bits per heavy atom. The van der Waals surface area contributed by atoms with Gasteiger partial charge in [0.25, 0.3) is 0 Å². The number of benzene rings is 2. The van der Waals surface area contributed by atoms with Crippen molar-refractivity contribution >= 4 is 67.7 Å². The summed E-state index contributed by atoms with van der Waals surface area (Å²) < 4.78 is 14.2. The van der Waals surface area contributed by atoms with E-state index in [0.717, 1.165) is 77.7 Å². The van der Waals surface area contributed by atoms with Crippen molar-refractivity contribution in [3.63, 3.8) is 0 Å². The lowest BCUT2D eigenvalue weighted by Crippen LogP contribution is -2.15. The van der Waals surface area contributed by atoms with Crippen LogP contribution in [-0.2, 0) is 0 Å². The van der Waals surface area contributed by atoms with E-state index in [0.29, 0.717) is 0 Å². The first kappa shape index (κ1) is 32.2. The highest BCUT2D eigenvalue weighted by Crippen LogP contribution is 2.36. The summed E-state index contributed by atoms with van der Waals surface area (Å²) in [5, 5.41) is 8.41. The van der Waals surface area contributed by atoms with Crippen molar-refractivity contribution in [2.75, 3.05) is 27.2 Å². The summed E-state index contributed by atoms with van der Waals surface area (Å²) in [6, 6.07) is 27.8. The zero-order valence-corrected chi connectivity index (χ0v) is 27.6. The average Bonchev–Trinajstić information content (AvgIpc) is 3.69. The minimum atomic E-state index is -0.0178. The number of nitrogens with zero attached hydrogens (tertiary/aromatic N) is 2. The van der Waals surface area contributed by atoms with Gasteiger partial charge in [0.15, 0.2) is 0 Å². The number of fused-ring (bicyclic) bond motifs is 2. The topological polar surface area (TPSA) is 68.3 Å². The van der Waals surface area contributed by atoms with Crippen LogP contribution >= 0.6 is 45.9 Å². The first-order valence-electron chi connectivity index (χ1n) is 14.4. The number of pyridine rings is 2. The molecule has 4 aromatic heterocycles. The fourth-order valence-electron chi connectivity index (χ4n) is 4.73. The zero-order valence-electron chi connectivity index (χ0n) is 24.5. The molecule has 0 aliphatic rings. The third-order valence-electron chi connectivity index (χ3n) is 6.89. The van der Waals surface area contributed by atoms with Gasteiger partial charge in [0.1, 0.15) is 23.7 Å². The Kier molecular flexibility index (Phi) is 11.8. The van der Waals surface area contributed by atoms with E-state index in [-0.39, 0.29) is 12.2 Å². The highest BCUT2D eigenvalue weighted by molar-refractivity contribution is 7.16. The normalized spacial score (nSPS) is 12.5. The maximum absolute atomic E-state index is 6.30. The molecule has 2 N–H and O–H groups in total. The van der Waals surface area contributed by atoms with E-state index < -0.39 is 0 Å². The van der Waals surface area contributed by atoms with E-state index in [1.807, 2.05) is 99.0 Å². The highest BCUT2D eigenvalue weighted by Gasteiger charge is 2.18. The van der Waals surface area contributed by atoms with Gasteiger partial charge in [-0.2, -0.15) is 0 Å². The number of halogens is 2. The van der Waals surface area contributed by atoms with Gasteiger partial charge in [-0.15, -0.1) is 22.7 Å². The van der Waals surface area contributed by atoms with Crippen LogP contribution in [-0.4, -0.2) is 37.2 Å². The molecule has 228 valence electrons. The number of rotatable bonds is 12. The maximum atomic E-state index is 6.30. The van der Waals surface area contributed by atoms with Crippen LogP contribution in [0.2, 0.25) is 8.67 Å². The Balaban J connectivity index is 0.000000175. The number of thiophene rings is 2. The van der Waals surface area contributed by atoms with E-state index in [2.05, 4.69) is 20.6 Å². The lowest BCUT2D eigenvalue weighted by molar-refractivity contribution is 0.201. The standard InChI is InChI=1S/2C17H17ClN2OS/c2*1-19-11-9-15(16-7-8-17(18)22-16)21-14-6-2-5-13-12(14)4-3-10-20-13/h2*2-8,10,15,19H,9,11H2,1H3/t2*15-/m10/s1. The van der Waals surface area contributed by atoms with Crippen molar-refractivity contribution in [3.05, 3.63) is 116 Å². The number of ether oxygens (including phenoxy) is 2. The molecule has 0 aliphatic carbocycles. The molecule has 0 saturated carbocycles. The second kappa shape index (κ2) is 16.2. The van der Waals surface area contributed by atoms with Crippen LogP contribution in [0, 0.1) is 0 Å². The van der Waals surface area contributed by atoms with Crippen LogP contribution in [0.3, 0.4) is 0 Å². The van der Waals surface area contributed by atoms with Gasteiger partial charge < -0.3 is 20.1 Å². The molecule has 2 aromatic carbocycles. The number of aromatic nitrogens is 2. The average molecular weight is 666 g/mol. The van der Waals surface area contributed by atoms with Gasteiger partial charge in [-0.25, -0.2) is 0 Å². The summed E-state index contributed by atoms with van der Waals surface area (Å²) in [5.41, 5.74) is 1.88. The smallest absolute Gasteiger partial charge is 0.134 e. The molecular formula is C34H34Cl2N4O2S2. The molecule has 0 amide bonds. The molecule has 6 rings (SSSR count). The van der Waals surface area contributed by atoms with Gasteiger partial charge in [0.2, 0.25) is 0 Å². The number of nitrogens with one attached hydrogen (secondary N) is 2. The van der Waals surface area contributed by atoms with Gasteiger partial charge in [-0.3, -0.25) is 9.97 Å². The summed E-state index contributed by atoms with van der Waals surface area (Å²) in [5.74, 6) is 1.72. The fraction of sp³-hybridized carbons (Fsp3) is 0.235. The van der Waals surface area contributed by atoms with Crippen LogP contribution < -0.4 is 20.1 Å². The Labute approximate surface area is 276 Å². The van der Waals surface area contributed by atoms with Crippen LogP contribution in [0.15, 0.2) is 97.3 Å². The Morgan fingerprint density at radius 1 is 0.614 bits per heavy atom. The molecule has 0 aliphatic heterocycles. The molecule has 10 heteroatoms. The van der Waals surface area contributed by atoms with Crippen molar-refractivity contribution < 1.29 is 9.47 Å². The molecule has 0 saturated heterocycles. The molecule has 0 fully saturated rings. The zero-order chi connectivity index (χ0) is 30.7. The van der Waals surface area contributed by atoms with Crippen LogP contribution in [0.4, 0.5) is 0 Å². The second-order valence-corrected chi connectivity index (χ2v) is 13.4. The van der Waals surface area contributed by atoms with E-state index >= 15 is 0 Å². The molecule has 6 nitrogen and oxygen atoms in total. The van der Waals surface area contributed by atoms with E-state index in [9.17, 15) is 0 Å². The van der Waals surface area contributed by atoms with Crippen LogP contribution in [0.1, 0.15) is 34.8 Å². The molecule has 6 aromatic rings. The predicted octanol–water partition coefficient (Wildman–Crippen LogP) is 9.36.